The number of rotatable bonds is 10. The van der Waals surface area contributed by atoms with Crippen LogP contribution in [0.3, 0.4) is 0 Å². The molecule has 0 unspecified atom stereocenters. The Morgan fingerprint density at radius 3 is 2.55 bits per heavy atom. The molecular formula is C27H28N6O3S2. The fourth-order valence-electron chi connectivity index (χ4n) is 4.47. The molecule has 196 valence electrons. The summed E-state index contributed by atoms with van der Waals surface area (Å²) in [6, 6.07) is 15.1. The van der Waals surface area contributed by atoms with Gasteiger partial charge in [-0.05, 0) is 35.7 Å². The van der Waals surface area contributed by atoms with E-state index in [-0.39, 0.29) is 16.0 Å². The monoisotopic (exact) mass is 548 g/mol. The first-order valence-electron chi connectivity index (χ1n) is 12.5. The van der Waals surface area contributed by atoms with Gasteiger partial charge in [0.25, 0.3) is 5.56 Å². The number of sulfonamides is 1. The van der Waals surface area contributed by atoms with Crippen molar-refractivity contribution in [2.75, 3.05) is 18.8 Å². The summed E-state index contributed by atoms with van der Waals surface area (Å²) in [7, 11) is -3.54. The van der Waals surface area contributed by atoms with Crippen LogP contribution in [-0.4, -0.2) is 56.8 Å². The molecule has 0 fully saturated rings. The van der Waals surface area contributed by atoms with Crippen LogP contribution in [0.2, 0.25) is 0 Å². The third kappa shape index (κ3) is 5.27. The first kappa shape index (κ1) is 26.2. The number of aryl methyl sites for hydroxylation is 1. The summed E-state index contributed by atoms with van der Waals surface area (Å²) in [4.78, 5) is 31.4. The lowest BCUT2D eigenvalue weighted by molar-refractivity contribution is 0.445. The molecule has 2 aromatic carbocycles. The van der Waals surface area contributed by atoms with E-state index in [1.54, 1.807) is 22.8 Å². The van der Waals surface area contributed by atoms with E-state index in [9.17, 15) is 13.2 Å². The van der Waals surface area contributed by atoms with Crippen molar-refractivity contribution < 1.29 is 8.42 Å². The zero-order valence-electron chi connectivity index (χ0n) is 21.2. The van der Waals surface area contributed by atoms with Gasteiger partial charge in [-0.3, -0.25) is 14.4 Å². The highest BCUT2D eigenvalue weighted by Gasteiger charge is 2.25. The molecule has 4 aromatic rings. The zero-order valence-corrected chi connectivity index (χ0v) is 22.9. The second-order valence-corrected chi connectivity index (χ2v) is 11.7. The van der Waals surface area contributed by atoms with Crippen molar-refractivity contribution in [3.05, 3.63) is 82.4 Å². The minimum absolute atomic E-state index is 0.218. The Morgan fingerprint density at radius 2 is 1.79 bits per heavy atom. The van der Waals surface area contributed by atoms with Crippen LogP contribution in [0.5, 0.6) is 0 Å². The molecule has 0 spiro atoms. The first-order valence-corrected chi connectivity index (χ1v) is 14.9. The summed E-state index contributed by atoms with van der Waals surface area (Å²) in [6.45, 7) is 4.97. The Hall–Kier alpha value is -3.41. The maximum Gasteiger partial charge on any atom is 0.282 e. The number of nitrogens with zero attached hydrogens (tertiary/aromatic N) is 6. The van der Waals surface area contributed by atoms with Gasteiger partial charge in [0.1, 0.15) is 0 Å². The Bertz CT molecular complexity index is 1670. The summed E-state index contributed by atoms with van der Waals surface area (Å²) in [5.41, 5.74) is 4.03. The fourth-order valence-corrected chi connectivity index (χ4v) is 6.92. The van der Waals surface area contributed by atoms with E-state index in [1.165, 1.54) is 28.5 Å². The average Bonchev–Trinajstić information content (AvgIpc) is 3.35. The van der Waals surface area contributed by atoms with Crippen molar-refractivity contribution in [1.29, 1.82) is 0 Å². The van der Waals surface area contributed by atoms with Crippen LogP contribution < -0.4 is 5.56 Å². The maximum absolute atomic E-state index is 13.3. The lowest BCUT2D eigenvalue weighted by Crippen LogP contribution is -2.30. The van der Waals surface area contributed by atoms with Crippen molar-refractivity contribution in [2.24, 2.45) is 4.99 Å². The van der Waals surface area contributed by atoms with E-state index in [2.05, 4.69) is 15.0 Å². The largest absolute Gasteiger partial charge is 0.285 e. The standard InChI is InChI=1S/C27H28N6O3S2/c1-3-32(4-2)38(35,36)22-10-11-23-20(17-22)16-21(30-23)18-37-27-31-25-24(28-13-14-29-25)26(34)33(27)15-12-19-8-6-5-7-9-19/h5-11,13-14,17H,3-4,12,15-16,18H2,1-2H3. The Balaban J connectivity index is 1.37. The third-order valence-corrected chi connectivity index (χ3v) is 9.55. The predicted octanol–water partition coefficient (Wildman–Crippen LogP) is 3.88. The maximum atomic E-state index is 13.3. The van der Waals surface area contributed by atoms with Gasteiger partial charge in [0.05, 0.1) is 10.6 Å². The molecule has 3 heterocycles. The van der Waals surface area contributed by atoms with Crippen molar-refractivity contribution in [3.63, 3.8) is 0 Å². The topological polar surface area (TPSA) is 110 Å². The van der Waals surface area contributed by atoms with E-state index in [0.29, 0.717) is 49.0 Å². The van der Waals surface area contributed by atoms with Gasteiger partial charge in [-0.2, -0.15) is 4.31 Å². The number of hydrogen-bond acceptors (Lipinski definition) is 8. The van der Waals surface area contributed by atoms with Gasteiger partial charge in [-0.25, -0.2) is 23.4 Å². The normalized spacial score (nSPS) is 13.2. The number of benzene rings is 2. The van der Waals surface area contributed by atoms with Crippen LogP contribution >= 0.6 is 11.8 Å². The fraction of sp³-hybridized carbons (Fsp3) is 0.296. The van der Waals surface area contributed by atoms with Crippen LogP contribution in [0, 0.1) is 0 Å². The molecular weight excluding hydrogens is 520 g/mol. The number of aromatic nitrogens is 4. The summed E-state index contributed by atoms with van der Waals surface area (Å²) in [5, 5.41) is 0.558. The number of hydrogen-bond donors (Lipinski definition) is 0. The minimum atomic E-state index is -3.54. The van der Waals surface area contributed by atoms with Crippen molar-refractivity contribution in [2.45, 2.75) is 43.3 Å². The van der Waals surface area contributed by atoms with Crippen LogP contribution in [0.15, 0.2) is 80.8 Å². The molecule has 5 rings (SSSR count). The highest BCUT2D eigenvalue weighted by atomic mass is 32.2. The molecule has 1 aliphatic heterocycles. The smallest absolute Gasteiger partial charge is 0.282 e. The molecule has 2 aromatic heterocycles. The molecule has 0 saturated heterocycles. The highest BCUT2D eigenvalue weighted by Crippen LogP contribution is 2.31. The SMILES string of the molecule is CCN(CC)S(=O)(=O)c1ccc2c(c1)CC(CSc1nc3nccnc3c(=O)n1CCc1ccccc1)=N2. The van der Waals surface area contributed by atoms with Crippen LogP contribution in [-0.2, 0) is 29.4 Å². The quantitative estimate of drug-likeness (QED) is 0.218. The number of aliphatic imine (C=N–C) groups is 1. The second kappa shape index (κ2) is 11.1. The molecule has 0 radical (unpaired) electrons. The molecule has 38 heavy (non-hydrogen) atoms. The van der Waals surface area contributed by atoms with Gasteiger partial charge < -0.3 is 0 Å². The van der Waals surface area contributed by atoms with Gasteiger partial charge >= 0.3 is 0 Å². The van der Waals surface area contributed by atoms with E-state index in [4.69, 9.17) is 4.99 Å². The lowest BCUT2D eigenvalue weighted by Gasteiger charge is -2.18. The Labute approximate surface area is 225 Å². The van der Waals surface area contributed by atoms with E-state index in [0.717, 1.165) is 22.5 Å². The van der Waals surface area contributed by atoms with Gasteiger partial charge in [0.15, 0.2) is 16.3 Å². The van der Waals surface area contributed by atoms with E-state index < -0.39 is 10.0 Å². The molecule has 0 bridgehead atoms. The molecule has 1 aliphatic rings. The van der Waals surface area contributed by atoms with Crippen LogP contribution in [0.1, 0.15) is 25.0 Å². The van der Waals surface area contributed by atoms with Crippen molar-refractivity contribution >= 4 is 44.3 Å². The average molecular weight is 549 g/mol. The summed E-state index contributed by atoms with van der Waals surface area (Å²) in [6.07, 6.45) is 4.25. The summed E-state index contributed by atoms with van der Waals surface area (Å²) in [5.74, 6) is 0.510. The van der Waals surface area contributed by atoms with E-state index in [1.807, 2.05) is 44.2 Å². The Morgan fingerprint density at radius 1 is 1.03 bits per heavy atom. The van der Waals surface area contributed by atoms with Gasteiger partial charge in [0, 0.05) is 49.9 Å². The second-order valence-electron chi connectivity index (χ2n) is 8.84. The van der Waals surface area contributed by atoms with E-state index >= 15 is 0 Å². The zero-order chi connectivity index (χ0) is 26.7. The first-order chi connectivity index (χ1) is 18.4. The minimum Gasteiger partial charge on any atom is -0.285 e. The van der Waals surface area contributed by atoms with Gasteiger partial charge in [0.2, 0.25) is 10.0 Å². The molecule has 0 aliphatic carbocycles. The van der Waals surface area contributed by atoms with Crippen molar-refractivity contribution in [1.82, 2.24) is 23.8 Å². The number of thioether (sulfide) groups is 1. The van der Waals surface area contributed by atoms with Gasteiger partial charge in [-0.1, -0.05) is 55.9 Å². The number of fused-ring (bicyclic) bond motifs is 2. The summed E-state index contributed by atoms with van der Waals surface area (Å²) >= 11 is 1.43. The van der Waals surface area contributed by atoms with Crippen molar-refractivity contribution in [3.8, 4) is 0 Å². The molecule has 0 amide bonds. The predicted molar refractivity (Wildman–Crippen MR) is 150 cm³/mol. The van der Waals surface area contributed by atoms with Crippen LogP contribution in [0.4, 0.5) is 5.69 Å². The third-order valence-electron chi connectivity index (χ3n) is 6.46. The summed E-state index contributed by atoms with van der Waals surface area (Å²) < 4.78 is 29.0. The molecule has 11 heteroatoms. The van der Waals surface area contributed by atoms with Gasteiger partial charge in [-0.15, -0.1) is 0 Å². The lowest BCUT2D eigenvalue weighted by atomic mass is 10.1. The van der Waals surface area contributed by atoms with Crippen LogP contribution in [0.25, 0.3) is 11.2 Å². The molecule has 0 N–H and O–H groups in total. The molecule has 0 saturated carbocycles. The molecule has 0 atom stereocenters. The Kier molecular flexibility index (Phi) is 7.68. The molecule has 9 nitrogen and oxygen atoms in total. The highest BCUT2D eigenvalue weighted by molar-refractivity contribution is 7.99.